The van der Waals surface area contributed by atoms with E-state index < -0.39 is 6.04 Å². The third kappa shape index (κ3) is 4.86. The predicted molar refractivity (Wildman–Crippen MR) is 119 cm³/mol. The molecule has 1 aliphatic heterocycles. The molecule has 4 rings (SSSR count). The maximum atomic E-state index is 13.3. The lowest BCUT2D eigenvalue weighted by molar-refractivity contribution is -0.133. The summed E-state index contributed by atoms with van der Waals surface area (Å²) in [6, 6.07) is 18.7. The van der Waals surface area contributed by atoms with Crippen LogP contribution in [0.2, 0.25) is 0 Å². The number of carbonyl (C=O) groups excluding carboxylic acids is 2. The van der Waals surface area contributed by atoms with Crippen LogP contribution in [-0.4, -0.2) is 53.9 Å². The molecule has 0 aliphatic carbocycles. The summed E-state index contributed by atoms with van der Waals surface area (Å²) < 4.78 is 0. The van der Waals surface area contributed by atoms with Crippen LogP contribution < -0.4 is 10.2 Å². The van der Waals surface area contributed by atoms with Crippen LogP contribution in [0.5, 0.6) is 0 Å². The number of aromatic nitrogens is 1. The second-order valence-corrected chi connectivity index (χ2v) is 8.14. The van der Waals surface area contributed by atoms with Crippen molar-refractivity contribution in [2.24, 2.45) is 0 Å². The van der Waals surface area contributed by atoms with E-state index in [0.29, 0.717) is 24.4 Å². The van der Waals surface area contributed by atoms with Crippen LogP contribution in [0.4, 0.5) is 5.82 Å². The van der Waals surface area contributed by atoms with Crippen molar-refractivity contribution in [3.05, 3.63) is 82.7 Å². The van der Waals surface area contributed by atoms with Crippen LogP contribution in [0.3, 0.4) is 0 Å². The van der Waals surface area contributed by atoms with Crippen molar-refractivity contribution in [1.29, 1.82) is 0 Å². The van der Waals surface area contributed by atoms with E-state index in [1.54, 1.807) is 12.3 Å². The number of hydrogen-bond acceptors (Lipinski definition) is 5. The smallest absolute Gasteiger partial charge is 0.262 e. The third-order valence-corrected chi connectivity index (χ3v) is 6.06. The van der Waals surface area contributed by atoms with E-state index in [1.165, 1.54) is 11.3 Å². The summed E-state index contributed by atoms with van der Waals surface area (Å²) in [7, 11) is 0. The molecule has 3 aromatic rings. The Kier molecular flexibility index (Phi) is 6.39. The number of pyridine rings is 1. The van der Waals surface area contributed by atoms with Crippen molar-refractivity contribution in [2.45, 2.75) is 12.5 Å². The van der Waals surface area contributed by atoms with Gasteiger partial charge in [-0.2, -0.15) is 0 Å². The first kappa shape index (κ1) is 20.1. The Morgan fingerprint density at radius 1 is 0.967 bits per heavy atom. The number of piperazine rings is 1. The highest BCUT2D eigenvalue weighted by molar-refractivity contribution is 7.12. The molecule has 0 bridgehead atoms. The average Bonchev–Trinajstić information content (AvgIpc) is 3.35. The van der Waals surface area contributed by atoms with Gasteiger partial charge in [-0.25, -0.2) is 4.98 Å². The maximum Gasteiger partial charge on any atom is 0.262 e. The Balaban J connectivity index is 1.44. The molecule has 0 spiro atoms. The highest BCUT2D eigenvalue weighted by Gasteiger charge is 2.29. The zero-order chi connectivity index (χ0) is 20.8. The van der Waals surface area contributed by atoms with Crippen LogP contribution in [0.1, 0.15) is 15.2 Å². The summed E-state index contributed by atoms with van der Waals surface area (Å²) in [6.45, 7) is 2.66. The van der Waals surface area contributed by atoms with Crippen molar-refractivity contribution < 1.29 is 9.59 Å². The van der Waals surface area contributed by atoms with Crippen molar-refractivity contribution in [1.82, 2.24) is 15.2 Å². The fraction of sp³-hybridized carbons (Fsp3) is 0.261. The minimum atomic E-state index is -0.594. The number of nitrogens with one attached hydrogen (secondary N) is 1. The Labute approximate surface area is 180 Å². The number of carbonyl (C=O) groups is 2. The van der Waals surface area contributed by atoms with Gasteiger partial charge in [0, 0.05) is 38.8 Å². The van der Waals surface area contributed by atoms with Gasteiger partial charge in [-0.3, -0.25) is 9.59 Å². The average molecular weight is 421 g/mol. The van der Waals surface area contributed by atoms with Gasteiger partial charge in [-0.1, -0.05) is 42.5 Å². The summed E-state index contributed by atoms with van der Waals surface area (Å²) in [5.74, 6) is 0.687. The van der Waals surface area contributed by atoms with Crippen LogP contribution in [0.15, 0.2) is 72.2 Å². The number of nitrogens with zero attached hydrogens (tertiary/aromatic N) is 3. The van der Waals surface area contributed by atoms with Crippen LogP contribution in [-0.2, 0) is 11.2 Å². The second kappa shape index (κ2) is 9.54. The number of hydrogen-bond donors (Lipinski definition) is 1. The Bertz CT molecular complexity index is 955. The van der Waals surface area contributed by atoms with E-state index in [2.05, 4.69) is 15.2 Å². The standard InChI is InChI=1S/C23H24N4O2S/c28-22(20-9-6-16-30-20)25-19(17-18-7-2-1-3-8-18)23(29)27-14-12-26(13-15-27)21-10-4-5-11-24-21/h1-11,16,19H,12-15,17H2,(H,25,28)/t19-/m1/s1. The summed E-state index contributed by atoms with van der Waals surface area (Å²) >= 11 is 1.37. The van der Waals surface area contributed by atoms with Crippen LogP contribution in [0.25, 0.3) is 0 Å². The lowest BCUT2D eigenvalue weighted by atomic mass is 10.0. The molecule has 1 N–H and O–H groups in total. The van der Waals surface area contributed by atoms with E-state index in [9.17, 15) is 9.59 Å². The molecule has 2 amide bonds. The zero-order valence-corrected chi connectivity index (χ0v) is 17.4. The molecule has 3 heterocycles. The summed E-state index contributed by atoms with van der Waals surface area (Å²) in [6.07, 6.45) is 2.25. The first-order valence-electron chi connectivity index (χ1n) is 10.0. The second-order valence-electron chi connectivity index (χ2n) is 7.19. The lowest BCUT2D eigenvalue weighted by Crippen LogP contribution is -2.55. The quantitative estimate of drug-likeness (QED) is 0.666. The number of rotatable bonds is 6. The Hall–Kier alpha value is -3.19. The molecular weight excluding hydrogens is 396 g/mol. The molecule has 7 heteroatoms. The van der Waals surface area contributed by atoms with Gasteiger partial charge in [-0.15, -0.1) is 11.3 Å². The minimum absolute atomic E-state index is 0.0376. The van der Waals surface area contributed by atoms with Gasteiger partial charge in [0.25, 0.3) is 5.91 Å². The molecule has 0 radical (unpaired) electrons. The molecule has 1 fully saturated rings. The zero-order valence-electron chi connectivity index (χ0n) is 16.6. The SMILES string of the molecule is O=C(N[C@H](Cc1ccccc1)C(=O)N1CCN(c2ccccn2)CC1)c1cccs1. The largest absolute Gasteiger partial charge is 0.353 e. The normalized spacial score (nSPS) is 14.9. The van der Waals surface area contributed by atoms with Crippen molar-refractivity contribution in [2.75, 3.05) is 31.1 Å². The third-order valence-electron chi connectivity index (χ3n) is 5.20. The Morgan fingerprint density at radius 3 is 2.40 bits per heavy atom. The van der Waals surface area contributed by atoms with E-state index in [-0.39, 0.29) is 11.8 Å². The fourth-order valence-corrected chi connectivity index (χ4v) is 4.23. The molecule has 30 heavy (non-hydrogen) atoms. The number of amides is 2. The molecule has 1 saturated heterocycles. The monoisotopic (exact) mass is 420 g/mol. The lowest BCUT2D eigenvalue weighted by Gasteiger charge is -2.37. The van der Waals surface area contributed by atoms with Crippen LogP contribution >= 0.6 is 11.3 Å². The van der Waals surface area contributed by atoms with Gasteiger partial charge in [-0.05, 0) is 29.1 Å². The van der Waals surface area contributed by atoms with Crippen molar-refractivity contribution >= 4 is 29.0 Å². The van der Waals surface area contributed by atoms with Crippen molar-refractivity contribution in [3.63, 3.8) is 0 Å². The molecule has 1 aromatic carbocycles. The number of benzene rings is 1. The highest BCUT2D eigenvalue weighted by atomic mass is 32.1. The highest BCUT2D eigenvalue weighted by Crippen LogP contribution is 2.15. The minimum Gasteiger partial charge on any atom is -0.353 e. The van der Waals surface area contributed by atoms with Gasteiger partial charge in [0.1, 0.15) is 11.9 Å². The topological polar surface area (TPSA) is 65.5 Å². The molecule has 154 valence electrons. The molecular formula is C23H24N4O2S. The maximum absolute atomic E-state index is 13.3. The predicted octanol–water partition coefficient (Wildman–Crippen LogP) is 2.83. The van der Waals surface area contributed by atoms with Crippen LogP contribution in [0, 0.1) is 0 Å². The first-order valence-corrected chi connectivity index (χ1v) is 10.9. The molecule has 2 aromatic heterocycles. The summed E-state index contributed by atoms with van der Waals surface area (Å²) in [5.41, 5.74) is 1.02. The van der Waals surface area contributed by atoms with Gasteiger partial charge in [0.2, 0.25) is 5.91 Å². The molecule has 1 aliphatic rings. The van der Waals surface area contributed by atoms with Gasteiger partial charge >= 0.3 is 0 Å². The van der Waals surface area contributed by atoms with Crippen molar-refractivity contribution in [3.8, 4) is 0 Å². The summed E-state index contributed by atoms with van der Waals surface area (Å²) in [4.78, 5) is 35.0. The van der Waals surface area contributed by atoms with E-state index in [1.807, 2.05) is 64.9 Å². The van der Waals surface area contributed by atoms with Gasteiger partial charge < -0.3 is 15.1 Å². The first-order chi connectivity index (χ1) is 14.7. The van der Waals surface area contributed by atoms with E-state index in [4.69, 9.17) is 0 Å². The fourth-order valence-electron chi connectivity index (χ4n) is 3.60. The number of anilines is 1. The molecule has 0 saturated carbocycles. The van der Waals surface area contributed by atoms with E-state index in [0.717, 1.165) is 24.5 Å². The van der Waals surface area contributed by atoms with E-state index >= 15 is 0 Å². The molecule has 6 nitrogen and oxygen atoms in total. The molecule has 1 atom stereocenters. The van der Waals surface area contributed by atoms with Gasteiger partial charge in [0.15, 0.2) is 0 Å². The summed E-state index contributed by atoms with van der Waals surface area (Å²) in [5, 5.41) is 4.82. The van der Waals surface area contributed by atoms with Gasteiger partial charge in [0.05, 0.1) is 4.88 Å². The Morgan fingerprint density at radius 2 is 1.73 bits per heavy atom. The number of thiophene rings is 1. The molecule has 0 unspecified atom stereocenters.